The lowest BCUT2D eigenvalue weighted by Crippen LogP contribution is -2.29. The first-order valence-electron chi connectivity index (χ1n) is 5.26. The SMILES string of the molecule is CCCC(CN)Nc1ncc(Br)cc1C. The molecule has 15 heavy (non-hydrogen) atoms. The minimum atomic E-state index is 0.322. The van der Waals surface area contributed by atoms with Gasteiger partial charge in [0.1, 0.15) is 5.82 Å². The number of nitrogens with one attached hydrogen (secondary N) is 1. The van der Waals surface area contributed by atoms with Crippen molar-refractivity contribution >= 4 is 21.7 Å². The quantitative estimate of drug-likeness (QED) is 0.866. The molecule has 4 heteroatoms. The molecule has 0 spiro atoms. The zero-order chi connectivity index (χ0) is 11.3. The molecule has 1 atom stereocenters. The van der Waals surface area contributed by atoms with E-state index in [4.69, 9.17) is 5.73 Å². The summed E-state index contributed by atoms with van der Waals surface area (Å²) in [5.41, 5.74) is 6.83. The topological polar surface area (TPSA) is 50.9 Å². The normalized spacial score (nSPS) is 12.5. The van der Waals surface area contributed by atoms with E-state index in [1.54, 1.807) is 6.20 Å². The first-order chi connectivity index (χ1) is 7.17. The molecule has 0 aliphatic carbocycles. The van der Waals surface area contributed by atoms with Crippen LogP contribution in [-0.2, 0) is 0 Å². The number of hydrogen-bond donors (Lipinski definition) is 2. The fourth-order valence-electron chi connectivity index (χ4n) is 1.48. The smallest absolute Gasteiger partial charge is 0.129 e. The summed E-state index contributed by atoms with van der Waals surface area (Å²) in [7, 11) is 0. The molecule has 0 radical (unpaired) electrons. The molecule has 0 bridgehead atoms. The zero-order valence-corrected chi connectivity index (χ0v) is 10.8. The standard InChI is InChI=1S/C11H18BrN3/c1-3-4-10(6-13)15-11-8(2)5-9(12)7-14-11/h5,7,10H,3-4,6,13H2,1-2H3,(H,14,15). The van der Waals surface area contributed by atoms with Crippen molar-refractivity contribution in [2.75, 3.05) is 11.9 Å². The van der Waals surface area contributed by atoms with Crippen LogP contribution in [-0.4, -0.2) is 17.6 Å². The van der Waals surface area contributed by atoms with Crippen LogP contribution >= 0.6 is 15.9 Å². The first-order valence-corrected chi connectivity index (χ1v) is 6.05. The predicted octanol–water partition coefficient (Wildman–Crippen LogP) is 2.69. The van der Waals surface area contributed by atoms with Crippen molar-refractivity contribution in [3.05, 3.63) is 22.3 Å². The Labute approximate surface area is 99.6 Å². The third kappa shape index (κ3) is 3.80. The summed E-state index contributed by atoms with van der Waals surface area (Å²) in [5, 5.41) is 3.37. The van der Waals surface area contributed by atoms with Crippen LogP contribution in [0.4, 0.5) is 5.82 Å². The van der Waals surface area contributed by atoms with Crippen molar-refractivity contribution in [3.63, 3.8) is 0 Å². The van der Waals surface area contributed by atoms with E-state index in [0.717, 1.165) is 28.7 Å². The molecule has 0 aliphatic rings. The van der Waals surface area contributed by atoms with Gasteiger partial charge in [-0.3, -0.25) is 0 Å². The van der Waals surface area contributed by atoms with Gasteiger partial charge in [-0.05, 0) is 40.9 Å². The van der Waals surface area contributed by atoms with Gasteiger partial charge in [0.15, 0.2) is 0 Å². The number of nitrogens with zero attached hydrogens (tertiary/aromatic N) is 1. The summed E-state index contributed by atoms with van der Waals surface area (Å²) in [5.74, 6) is 0.933. The molecular weight excluding hydrogens is 254 g/mol. The highest BCUT2D eigenvalue weighted by molar-refractivity contribution is 9.10. The summed E-state index contributed by atoms with van der Waals surface area (Å²) in [6.07, 6.45) is 4.01. The highest BCUT2D eigenvalue weighted by atomic mass is 79.9. The number of halogens is 1. The molecule has 1 unspecified atom stereocenters. The Hall–Kier alpha value is -0.610. The maximum absolute atomic E-state index is 5.69. The minimum absolute atomic E-state index is 0.322. The van der Waals surface area contributed by atoms with Crippen LogP contribution < -0.4 is 11.1 Å². The lowest BCUT2D eigenvalue weighted by Gasteiger charge is -2.17. The van der Waals surface area contributed by atoms with Gasteiger partial charge in [-0.25, -0.2) is 4.98 Å². The maximum atomic E-state index is 5.69. The summed E-state index contributed by atoms with van der Waals surface area (Å²) in [6.45, 7) is 4.84. The van der Waals surface area contributed by atoms with Crippen molar-refractivity contribution in [3.8, 4) is 0 Å². The van der Waals surface area contributed by atoms with Crippen LogP contribution in [0.25, 0.3) is 0 Å². The minimum Gasteiger partial charge on any atom is -0.366 e. The van der Waals surface area contributed by atoms with E-state index in [2.05, 4.69) is 39.2 Å². The monoisotopic (exact) mass is 271 g/mol. The van der Waals surface area contributed by atoms with Gasteiger partial charge in [0.25, 0.3) is 0 Å². The number of anilines is 1. The van der Waals surface area contributed by atoms with E-state index < -0.39 is 0 Å². The Morgan fingerprint density at radius 3 is 2.87 bits per heavy atom. The Kier molecular flexibility index (Phi) is 5.05. The second kappa shape index (κ2) is 6.08. The van der Waals surface area contributed by atoms with Crippen LogP contribution in [0.3, 0.4) is 0 Å². The molecule has 3 N–H and O–H groups in total. The Balaban J connectivity index is 2.70. The van der Waals surface area contributed by atoms with Crippen LogP contribution in [0.1, 0.15) is 25.3 Å². The van der Waals surface area contributed by atoms with Gasteiger partial charge < -0.3 is 11.1 Å². The van der Waals surface area contributed by atoms with E-state index in [-0.39, 0.29) is 0 Å². The lowest BCUT2D eigenvalue weighted by molar-refractivity contribution is 0.645. The van der Waals surface area contributed by atoms with Gasteiger partial charge in [-0.15, -0.1) is 0 Å². The van der Waals surface area contributed by atoms with Crippen molar-refractivity contribution in [2.45, 2.75) is 32.7 Å². The van der Waals surface area contributed by atoms with Crippen LogP contribution in [0.2, 0.25) is 0 Å². The summed E-state index contributed by atoms with van der Waals surface area (Å²) >= 11 is 3.40. The van der Waals surface area contributed by atoms with E-state index in [9.17, 15) is 0 Å². The first kappa shape index (κ1) is 12.5. The fraction of sp³-hybridized carbons (Fsp3) is 0.545. The molecular formula is C11H18BrN3. The Morgan fingerprint density at radius 1 is 1.60 bits per heavy atom. The van der Waals surface area contributed by atoms with E-state index in [1.165, 1.54) is 0 Å². The van der Waals surface area contributed by atoms with Gasteiger partial charge in [0, 0.05) is 23.3 Å². The molecule has 1 heterocycles. The predicted molar refractivity (Wildman–Crippen MR) is 68.0 cm³/mol. The maximum Gasteiger partial charge on any atom is 0.129 e. The zero-order valence-electron chi connectivity index (χ0n) is 9.26. The number of rotatable bonds is 5. The van der Waals surface area contributed by atoms with Crippen molar-refractivity contribution in [1.82, 2.24) is 4.98 Å². The van der Waals surface area contributed by atoms with E-state index in [1.807, 2.05) is 6.92 Å². The summed E-state index contributed by atoms with van der Waals surface area (Å²) < 4.78 is 1.00. The van der Waals surface area contributed by atoms with E-state index >= 15 is 0 Å². The van der Waals surface area contributed by atoms with Gasteiger partial charge in [-0.2, -0.15) is 0 Å². The van der Waals surface area contributed by atoms with Gasteiger partial charge >= 0.3 is 0 Å². The van der Waals surface area contributed by atoms with Crippen molar-refractivity contribution < 1.29 is 0 Å². The molecule has 0 amide bonds. The lowest BCUT2D eigenvalue weighted by atomic mass is 10.1. The van der Waals surface area contributed by atoms with Crippen molar-refractivity contribution in [2.24, 2.45) is 5.73 Å². The van der Waals surface area contributed by atoms with Crippen LogP contribution in [0.15, 0.2) is 16.7 Å². The number of aromatic nitrogens is 1. The summed E-state index contributed by atoms with van der Waals surface area (Å²) in [6, 6.07) is 2.37. The number of hydrogen-bond acceptors (Lipinski definition) is 3. The third-order valence-electron chi connectivity index (χ3n) is 2.31. The van der Waals surface area contributed by atoms with Gasteiger partial charge in [0.05, 0.1) is 0 Å². The van der Waals surface area contributed by atoms with Gasteiger partial charge in [-0.1, -0.05) is 13.3 Å². The average molecular weight is 272 g/mol. The molecule has 1 rings (SSSR count). The van der Waals surface area contributed by atoms with E-state index in [0.29, 0.717) is 12.6 Å². The molecule has 1 aromatic heterocycles. The second-order valence-electron chi connectivity index (χ2n) is 3.68. The Bertz CT molecular complexity index is 315. The number of aryl methyl sites for hydroxylation is 1. The molecule has 1 aromatic rings. The third-order valence-corrected chi connectivity index (χ3v) is 2.74. The highest BCUT2D eigenvalue weighted by Crippen LogP contribution is 2.17. The molecule has 84 valence electrons. The van der Waals surface area contributed by atoms with Gasteiger partial charge in [0.2, 0.25) is 0 Å². The van der Waals surface area contributed by atoms with Crippen molar-refractivity contribution in [1.29, 1.82) is 0 Å². The molecule has 0 saturated carbocycles. The number of nitrogens with two attached hydrogens (primary N) is 1. The average Bonchev–Trinajstić information content (AvgIpc) is 2.21. The highest BCUT2D eigenvalue weighted by Gasteiger charge is 2.07. The van der Waals surface area contributed by atoms with Crippen LogP contribution in [0.5, 0.6) is 0 Å². The largest absolute Gasteiger partial charge is 0.366 e. The fourth-order valence-corrected chi connectivity index (χ4v) is 1.93. The molecule has 0 saturated heterocycles. The molecule has 0 aromatic carbocycles. The molecule has 0 aliphatic heterocycles. The molecule has 3 nitrogen and oxygen atoms in total. The summed E-state index contributed by atoms with van der Waals surface area (Å²) in [4.78, 5) is 4.33. The number of pyridine rings is 1. The second-order valence-corrected chi connectivity index (χ2v) is 4.60. The Morgan fingerprint density at radius 2 is 2.33 bits per heavy atom. The molecule has 0 fully saturated rings. The van der Waals surface area contributed by atoms with Crippen LogP contribution in [0, 0.1) is 6.92 Å².